The molecule has 0 aromatic carbocycles. The molecule has 0 aromatic rings. The lowest BCUT2D eigenvalue weighted by Crippen LogP contribution is -2.29. The summed E-state index contributed by atoms with van der Waals surface area (Å²) in [5, 5.41) is 5.31. The fourth-order valence-electron chi connectivity index (χ4n) is 1.67. The largest absolute Gasteiger partial charge is 0.362 e. The first-order valence-corrected chi connectivity index (χ1v) is 6.93. The number of nitrogens with zero attached hydrogens (tertiary/aromatic N) is 1. The van der Waals surface area contributed by atoms with Crippen LogP contribution in [0.5, 0.6) is 0 Å². The van der Waals surface area contributed by atoms with Crippen LogP contribution in [0.4, 0.5) is 0 Å². The molecule has 0 fully saturated rings. The molecule has 1 rings (SSSR count). The first-order chi connectivity index (χ1) is 7.08. The Labute approximate surface area is 98.3 Å². The molecule has 0 amide bonds. The molecule has 1 heterocycles. The van der Waals surface area contributed by atoms with E-state index in [4.69, 9.17) is 0 Å². The highest BCUT2D eigenvalue weighted by molar-refractivity contribution is 8.14. The summed E-state index contributed by atoms with van der Waals surface area (Å²) >= 11 is 1.87. The smallest absolute Gasteiger partial charge is 0.157 e. The second-order valence-electron chi connectivity index (χ2n) is 4.94. The maximum atomic E-state index is 4.47. The molecular formula is C12H24N2S. The average Bonchev–Trinajstić information content (AvgIpc) is 2.50. The lowest BCUT2D eigenvalue weighted by Gasteiger charge is -2.15. The Balaban J connectivity index is 2.10. The zero-order chi connectivity index (χ0) is 11.3. The molecule has 88 valence electrons. The number of aliphatic imine (C=N–C) groups is 1. The SMILES string of the molecule is CC(C)CCCC(C)NC1=NCC(C)S1. The van der Waals surface area contributed by atoms with Gasteiger partial charge < -0.3 is 5.32 Å². The standard InChI is InChI=1S/C12H24N2S/c1-9(2)6-5-7-10(3)14-12-13-8-11(4)15-12/h9-11H,5-8H2,1-4H3,(H,13,14). The van der Waals surface area contributed by atoms with Gasteiger partial charge >= 0.3 is 0 Å². The lowest BCUT2D eigenvalue weighted by atomic mass is 10.0. The maximum Gasteiger partial charge on any atom is 0.157 e. The highest BCUT2D eigenvalue weighted by Crippen LogP contribution is 2.19. The Hall–Kier alpha value is -0.180. The van der Waals surface area contributed by atoms with Crippen molar-refractivity contribution in [1.29, 1.82) is 0 Å². The zero-order valence-corrected chi connectivity index (χ0v) is 11.2. The molecule has 0 radical (unpaired) electrons. The summed E-state index contributed by atoms with van der Waals surface area (Å²) in [6.45, 7) is 10.0. The van der Waals surface area contributed by atoms with Crippen LogP contribution in [0.25, 0.3) is 0 Å². The van der Waals surface area contributed by atoms with E-state index in [9.17, 15) is 0 Å². The number of rotatable bonds is 5. The fraction of sp³-hybridized carbons (Fsp3) is 0.917. The van der Waals surface area contributed by atoms with E-state index in [0.29, 0.717) is 11.3 Å². The normalized spacial score (nSPS) is 23.0. The van der Waals surface area contributed by atoms with Gasteiger partial charge in [0.15, 0.2) is 5.17 Å². The first-order valence-electron chi connectivity index (χ1n) is 6.05. The number of amidine groups is 1. The molecule has 1 N–H and O–H groups in total. The van der Waals surface area contributed by atoms with Gasteiger partial charge in [-0.2, -0.15) is 0 Å². The maximum absolute atomic E-state index is 4.47. The Bertz CT molecular complexity index is 214. The van der Waals surface area contributed by atoms with E-state index in [1.165, 1.54) is 19.3 Å². The van der Waals surface area contributed by atoms with Crippen molar-refractivity contribution in [2.24, 2.45) is 10.9 Å². The Morgan fingerprint density at radius 1 is 1.40 bits per heavy atom. The van der Waals surface area contributed by atoms with Crippen LogP contribution >= 0.6 is 11.8 Å². The molecule has 2 nitrogen and oxygen atoms in total. The van der Waals surface area contributed by atoms with Crippen molar-refractivity contribution >= 4 is 16.9 Å². The van der Waals surface area contributed by atoms with Crippen molar-refractivity contribution in [1.82, 2.24) is 5.32 Å². The summed E-state index contributed by atoms with van der Waals surface area (Å²) in [4.78, 5) is 4.47. The molecule has 15 heavy (non-hydrogen) atoms. The lowest BCUT2D eigenvalue weighted by molar-refractivity contribution is 0.495. The third-order valence-corrected chi connectivity index (χ3v) is 3.61. The van der Waals surface area contributed by atoms with Gasteiger partial charge in [0.1, 0.15) is 0 Å². The van der Waals surface area contributed by atoms with E-state index < -0.39 is 0 Å². The van der Waals surface area contributed by atoms with Crippen molar-refractivity contribution < 1.29 is 0 Å². The molecule has 1 aliphatic heterocycles. The summed E-state index contributed by atoms with van der Waals surface area (Å²) in [6.07, 6.45) is 3.91. The van der Waals surface area contributed by atoms with Gasteiger partial charge in [0.2, 0.25) is 0 Å². The van der Waals surface area contributed by atoms with Crippen molar-refractivity contribution in [2.45, 2.75) is 58.2 Å². The van der Waals surface area contributed by atoms with Gasteiger partial charge in [-0.15, -0.1) is 0 Å². The number of hydrogen-bond donors (Lipinski definition) is 1. The minimum Gasteiger partial charge on any atom is -0.362 e. The average molecular weight is 228 g/mol. The van der Waals surface area contributed by atoms with Gasteiger partial charge in [-0.1, -0.05) is 45.4 Å². The van der Waals surface area contributed by atoms with Gasteiger partial charge in [-0.05, 0) is 19.3 Å². The molecule has 0 spiro atoms. The van der Waals surface area contributed by atoms with Crippen LogP contribution in [0.1, 0.15) is 47.0 Å². The molecule has 2 atom stereocenters. The molecule has 0 bridgehead atoms. The van der Waals surface area contributed by atoms with E-state index in [1.54, 1.807) is 0 Å². The van der Waals surface area contributed by atoms with E-state index in [1.807, 2.05) is 11.8 Å². The van der Waals surface area contributed by atoms with E-state index in [-0.39, 0.29) is 0 Å². The van der Waals surface area contributed by atoms with Crippen LogP contribution in [-0.4, -0.2) is 23.0 Å². The number of hydrogen-bond acceptors (Lipinski definition) is 3. The van der Waals surface area contributed by atoms with Crippen molar-refractivity contribution in [3.8, 4) is 0 Å². The topological polar surface area (TPSA) is 24.4 Å². The predicted octanol–water partition coefficient (Wildman–Crippen LogP) is 3.28. The molecule has 0 saturated heterocycles. The summed E-state index contributed by atoms with van der Waals surface area (Å²) in [5.41, 5.74) is 0. The highest BCUT2D eigenvalue weighted by atomic mass is 32.2. The van der Waals surface area contributed by atoms with E-state index in [0.717, 1.165) is 17.6 Å². The molecule has 0 aliphatic carbocycles. The van der Waals surface area contributed by atoms with Crippen molar-refractivity contribution in [3.05, 3.63) is 0 Å². The van der Waals surface area contributed by atoms with Gasteiger partial charge in [0.25, 0.3) is 0 Å². The summed E-state index contributed by atoms with van der Waals surface area (Å²) < 4.78 is 0. The second kappa shape index (κ2) is 6.41. The third-order valence-electron chi connectivity index (χ3n) is 2.59. The summed E-state index contributed by atoms with van der Waals surface area (Å²) in [6, 6.07) is 0.570. The molecule has 2 unspecified atom stereocenters. The number of nitrogens with one attached hydrogen (secondary N) is 1. The molecule has 0 saturated carbocycles. The Morgan fingerprint density at radius 2 is 2.13 bits per heavy atom. The van der Waals surface area contributed by atoms with Crippen LogP contribution in [-0.2, 0) is 0 Å². The van der Waals surface area contributed by atoms with Crippen LogP contribution in [0.3, 0.4) is 0 Å². The van der Waals surface area contributed by atoms with Crippen LogP contribution in [0.15, 0.2) is 4.99 Å². The van der Waals surface area contributed by atoms with Gasteiger partial charge in [-0.3, -0.25) is 4.99 Å². The zero-order valence-electron chi connectivity index (χ0n) is 10.4. The minimum absolute atomic E-state index is 0.570. The van der Waals surface area contributed by atoms with Crippen molar-refractivity contribution in [2.75, 3.05) is 6.54 Å². The molecule has 1 aliphatic rings. The fourth-order valence-corrected chi connectivity index (χ4v) is 2.62. The van der Waals surface area contributed by atoms with Crippen LogP contribution < -0.4 is 5.32 Å². The summed E-state index contributed by atoms with van der Waals surface area (Å²) in [7, 11) is 0. The van der Waals surface area contributed by atoms with E-state index in [2.05, 4.69) is 38.0 Å². The highest BCUT2D eigenvalue weighted by Gasteiger charge is 2.16. The monoisotopic (exact) mass is 228 g/mol. The summed E-state index contributed by atoms with van der Waals surface area (Å²) in [5.74, 6) is 0.829. The van der Waals surface area contributed by atoms with Gasteiger partial charge in [-0.25, -0.2) is 0 Å². The first kappa shape index (κ1) is 12.9. The van der Waals surface area contributed by atoms with Crippen LogP contribution in [0, 0.1) is 5.92 Å². The molecule has 3 heteroatoms. The van der Waals surface area contributed by atoms with Gasteiger partial charge in [0.05, 0.1) is 6.54 Å². The van der Waals surface area contributed by atoms with Crippen molar-refractivity contribution in [3.63, 3.8) is 0 Å². The molecular weight excluding hydrogens is 204 g/mol. The number of thioether (sulfide) groups is 1. The molecule has 0 aromatic heterocycles. The van der Waals surface area contributed by atoms with Gasteiger partial charge in [0, 0.05) is 11.3 Å². The quantitative estimate of drug-likeness (QED) is 0.781. The Kier molecular flexibility index (Phi) is 5.51. The Morgan fingerprint density at radius 3 is 2.67 bits per heavy atom. The van der Waals surface area contributed by atoms with Crippen LogP contribution in [0.2, 0.25) is 0 Å². The third kappa shape index (κ3) is 5.45. The van der Waals surface area contributed by atoms with E-state index >= 15 is 0 Å². The second-order valence-corrected chi connectivity index (χ2v) is 6.37. The minimum atomic E-state index is 0.570. The predicted molar refractivity (Wildman–Crippen MR) is 70.6 cm³/mol.